The molecular formula is C19H16N4O2. The van der Waals surface area contributed by atoms with E-state index in [2.05, 4.69) is 20.6 Å². The highest BCUT2D eigenvalue weighted by Crippen LogP contribution is 2.09. The average Bonchev–Trinajstić information content (AvgIpc) is 2.68. The van der Waals surface area contributed by atoms with Gasteiger partial charge in [-0.25, -0.2) is 0 Å². The lowest BCUT2D eigenvalue weighted by Crippen LogP contribution is -2.23. The lowest BCUT2D eigenvalue weighted by atomic mass is 10.1. The first kappa shape index (κ1) is 16.3. The third kappa shape index (κ3) is 4.48. The van der Waals surface area contributed by atoms with E-state index in [4.69, 9.17) is 0 Å². The maximum atomic E-state index is 12.3. The van der Waals surface area contributed by atoms with Crippen LogP contribution in [0.1, 0.15) is 26.3 Å². The van der Waals surface area contributed by atoms with Gasteiger partial charge < -0.3 is 10.6 Å². The Bertz CT molecular complexity index is 867. The Hall–Kier alpha value is -3.54. The summed E-state index contributed by atoms with van der Waals surface area (Å²) in [4.78, 5) is 32.5. The predicted octanol–water partition coefficient (Wildman–Crippen LogP) is 2.66. The zero-order valence-electron chi connectivity index (χ0n) is 13.3. The molecule has 0 aliphatic heterocycles. The van der Waals surface area contributed by atoms with E-state index >= 15 is 0 Å². The van der Waals surface area contributed by atoms with Crippen LogP contribution in [-0.4, -0.2) is 21.8 Å². The summed E-state index contributed by atoms with van der Waals surface area (Å²) in [6, 6.07) is 14.3. The van der Waals surface area contributed by atoms with Gasteiger partial charge in [0.2, 0.25) is 0 Å². The number of aromatic nitrogens is 2. The topological polar surface area (TPSA) is 84.0 Å². The SMILES string of the molecule is O=C(NCc1cccnc1)c1cncc(C(=O)Nc2ccccc2)c1. The Morgan fingerprint density at radius 1 is 0.840 bits per heavy atom. The van der Waals surface area contributed by atoms with Crippen molar-refractivity contribution in [2.45, 2.75) is 6.54 Å². The van der Waals surface area contributed by atoms with Crippen LogP contribution in [0.5, 0.6) is 0 Å². The number of nitrogens with zero attached hydrogens (tertiary/aromatic N) is 2. The minimum Gasteiger partial charge on any atom is -0.348 e. The molecule has 6 heteroatoms. The molecule has 25 heavy (non-hydrogen) atoms. The van der Waals surface area contributed by atoms with E-state index in [0.29, 0.717) is 23.4 Å². The molecular weight excluding hydrogens is 316 g/mol. The van der Waals surface area contributed by atoms with Gasteiger partial charge in [0, 0.05) is 37.0 Å². The molecule has 124 valence electrons. The number of amides is 2. The second-order valence-corrected chi connectivity index (χ2v) is 5.33. The molecule has 2 heterocycles. The maximum absolute atomic E-state index is 12.3. The number of hydrogen-bond donors (Lipinski definition) is 2. The fraction of sp³-hybridized carbons (Fsp3) is 0.0526. The van der Waals surface area contributed by atoms with E-state index in [1.807, 2.05) is 24.3 Å². The van der Waals surface area contributed by atoms with Crippen molar-refractivity contribution in [3.8, 4) is 0 Å². The number of benzene rings is 1. The van der Waals surface area contributed by atoms with Crippen molar-refractivity contribution < 1.29 is 9.59 Å². The molecule has 0 aliphatic rings. The quantitative estimate of drug-likeness (QED) is 0.752. The first-order chi connectivity index (χ1) is 12.2. The average molecular weight is 332 g/mol. The summed E-state index contributed by atoms with van der Waals surface area (Å²) in [5.74, 6) is -0.619. The molecule has 0 radical (unpaired) electrons. The summed E-state index contributed by atoms with van der Waals surface area (Å²) in [7, 11) is 0. The zero-order valence-corrected chi connectivity index (χ0v) is 13.3. The summed E-state index contributed by atoms with van der Waals surface area (Å²) in [5, 5.41) is 5.54. The molecule has 3 aromatic rings. The molecule has 0 atom stereocenters. The molecule has 6 nitrogen and oxygen atoms in total. The zero-order chi connectivity index (χ0) is 17.5. The van der Waals surface area contributed by atoms with Gasteiger partial charge in [-0.3, -0.25) is 19.6 Å². The molecule has 1 aromatic carbocycles. The van der Waals surface area contributed by atoms with Crippen molar-refractivity contribution in [1.29, 1.82) is 0 Å². The van der Waals surface area contributed by atoms with Crippen LogP contribution in [0.2, 0.25) is 0 Å². The second kappa shape index (κ2) is 7.83. The number of nitrogens with one attached hydrogen (secondary N) is 2. The van der Waals surface area contributed by atoms with Crippen molar-refractivity contribution in [3.05, 3.63) is 90.0 Å². The van der Waals surface area contributed by atoms with Crippen LogP contribution in [0.25, 0.3) is 0 Å². The van der Waals surface area contributed by atoms with Crippen molar-refractivity contribution in [2.75, 3.05) is 5.32 Å². The van der Waals surface area contributed by atoms with Gasteiger partial charge in [0.15, 0.2) is 0 Å². The van der Waals surface area contributed by atoms with E-state index in [0.717, 1.165) is 5.56 Å². The highest BCUT2D eigenvalue weighted by atomic mass is 16.2. The van der Waals surface area contributed by atoms with Gasteiger partial charge in [-0.2, -0.15) is 0 Å². The van der Waals surface area contributed by atoms with Crippen LogP contribution < -0.4 is 10.6 Å². The van der Waals surface area contributed by atoms with Crippen LogP contribution in [0.4, 0.5) is 5.69 Å². The summed E-state index contributed by atoms with van der Waals surface area (Å²) in [6.07, 6.45) is 6.21. The number of pyridine rings is 2. The molecule has 0 unspecified atom stereocenters. The van der Waals surface area contributed by atoms with Crippen LogP contribution in [0.15, 0.2) is 73.3 Å². The fourth-order valence-corrected chi connectivity index (χ4v) is 2.20. The van der Waals surface area contributed by atoms with Crippen LogP contribution >= 0.6 is 0 Å². The summed E-state index contributed by atoms with van der Waals surface area (Å²) < 4.78 is 0. The minimum atomic E-state index is -0.319. The molecule has 0 fully saturated rings. The third-order valence-corrected chi connectivity index (χ3v) is 3.47. The largest absolute Gasteiger partial charge is 0.348 e. The number of para-hydroxylation sites is 1. The molecule has 2 amide bonds. The smallest absolute Gasteiger partial charge is 0.257 e. The van der Waals surface area contributed by atoms with Crippen molar-refractivity contribution in [1.82, 2.24) is 15.3 Å². The molecule has 3 rings (SSSR count). The van der Waals surface area contributed by atoms with Crippen LogP contribution in [-0.2, 0) is 6.54 Å². The Kier molecular flexibility index (Phi) is 5.11. The minimum absolute atomic E-state index is 0.300. The third-order valence-electron chi connectivity index (χ3n) is 3.47. The monoisotopic (exact) mass is 332 g/mol. The molecule has 0 saturated heterocycles. The highest BCUT2D eigenvalue weighted by Gasteiger charge is 2.11. The van der Waals surface area contributed by atoms with E-state index in [1.54, 1.807) is 30.6 Å². The molecule has 0 bridgehead atoms. The molecule has 0 spiro atoms. The summed E-state index contributed by atoms with van der Waals surface area (Å²) >= 11 is 0. The standard InChI is InChI=1S/C19H16N4O2/c24-18(22-11-14-5-4-8-20-10-14)15-9-16(13-21-12-15)19(25)23-17-6-2-1-3-7-17/h1-10,12-13H,11H2,(H,22,24)(H,23,25). The molecule has 0 saturated carbocycles. The van der Waals surface area contributed by atoms with Gasteiger partial charge in [-0.05, 0) is 29.8 Å². The Morgan fingerprint density at radius 2 is 1.60 bits per heavy atom. The van der Waals surface area contributed by atoms with E-state index in [-0.39, 0.29) is 11.8 Å². The van der Waals surface area contributed by atoms with Gasteiger partial charge in [-0.1, -0.05) is 24.3 Å². The van der Waals surface area contributed by atoms with E-state index in [9.17, 15) is 9.59 Å². The normalized spacial score (nSPS) is 10.1. The lowest BCUT2D eigenvalue weighted by Gasteiger charge is -2.07. The maximum Gasteiger partial charge on any atom is 0.257 e. The van der Waals surface area contributed by atoms with Crippen molar-refractivity contribution >= 4 is 17.5 Å². The van der Waals surface area contributed by atoms with Crippen LogP contribution in [0, 0.1) is 0 Å². The van der Waals surface area contributed by atoms with Gasteiger partial charge in [0.05, 0.1) is 11.1 Å². The van der Waals surface area contributed by atoms with Gasteiger partial charge >= 0.3 is 0 Å². The van der Waals surface area contributed by atoms with Gasteiger partial charge in [-0.15, -0.1) is 0 Å². The van der Waals surface area contributed by atoms with Crippen molar-refractivity contribution in [2.24, 2.45) is 0 Å². The van der Waals surface area contributed by atoms with Crippen LogP contribution in [0.3, 0.4) is 0 Å². The van der Waals surface area contributed by atoms with Gasteiger partial charge in [0.25, 0.3) is 11.8 Å². The molecule has 0 aliphatic carbocycles. The second-order valence-electron chi connectivity index (χ2n) is 5.33. The Balaban J connectivity index is 1.66. The first-order valence-corrected chi connectivity index (χ1v) is 7.71. The Morgan fingerprint density at radius 3 is 2.32 bits per heavy atom. The van der Waals surface area contributed by atoms with Crippen molar-refractivity contribution in [3.63, 3.8) is 0 Å². The van der Waals surface area contributed by atoms with Gasteiger partial charge in [0.1, 0.15) is 0 Å². The first-order valence-electron chi connectivity index (χ1n) is 7.71. The fourth-order valence-electron chi connectivity index (χ4n) is 2.20. The Labute approximate surface area is 145 Å². The summed E-state index contributed by atoms with van der Waals surface area (Å²) in [5.41, 5.74) is 2.21. The molecule has 2 aromatic heterocycles. The molecule has 2 N–H and O–H groups in total. The number of carbonyl (C=O) groups excluding carboxylic acids is 2. The highest BCUT2D eigenvalue weighted by molar-refractivity contribution is 6.05. The van der Waals surface area contributed by atoms with E-state index in [1.165, 1.54) is 18.5 Å². The number of anilines is 1. The van der Waals surface area contributed by atoms with E-state index < -0.39 is 0 Å². The predicted molar refractivity (Wildman–Crippen MR) is 94.0 cm³/mol. The summed E-state index contributed by atoms with van der Waals surface area (Å²) in [6.45, 7) is 0.354. The number of rotatable bonds is 5. The lowest BCUT2D eigenvalue weighted by molar-refractivity contribution is 0.0950. The number of hydrogen-bond acceptors (Lipinski definition) is 4. The number of carbonyl (C=O) groups is 2.